The SMILES string of the molecule is O=c1ccc2ccc(OCC(O)CSc3nnc(-c4cccc(F)c4)c(-c4cccc(F)c4)n3)cc2o1. The van der Waals surface area contributed by atoms with E-state index in [0.717, 1.165) is 17.1 Å². The van der Waals surface area contributed by atoms with Crippen molar-refractivity contribution in [3.05, 3.63) is 101 Å². The minimum absolute atomic E-state index is 0.0267. The number of thioether (sulfide) groups is 1. The Balaban J connectivity index is 1.30. The van der Waals surface area contributed by atoms with Gasteiger partial charge in [-0.15, -0.1) is 10.2 Å². The predicted molar refractivity (Wildman–Crippen MR) is 135 cm³/mol. The number of fused-ring (bicyclic) bond motifs is 1. The van der Waals surface area contributed by atoms with Crippen LogP contribution in [0, 0.1) is 11.6 Å². The first-order chi connectivity index (χ1) is 17.9. The Morgan fingerprint density at radius 3 is 2.32 bits per heavy atom. The van der Waals surface area contributed by atoms with Crippen molar-refractivity contribution in [1.29, 1.82) is 0 Å². The molecule has 5 aromatic rings. The summed E-state index contributed by atoms with van der Waals surface area (Å²) in [7, 11) is 0. The van der Waals surface area contributed by atoms with Crippen LogP contribution in [0.3, 0.4) is 0 Å². The van der Waals surface area contributed by atoms with E-state index in [0.29, 0.717) is 33.8 Å². The molecule has 2 heterocycles. The normalized spacial score (nSPS) is 12.0. The third-order valence-corrected chi connectivity index (χ3v) is 6.29. The van der Waals surface area contributed by atoms with Gasteiger partial charge in [0.05, 0.1) is 6.10 Å². The zero-order valence-corrected chi connectivity index (χ0v) is 20.0. The zero-order chi connectivity index (χ0) is 25.8. The van der Waals surface area contributed by atoms with Gasteiger partial charge in [0.25, 0.3) is 0 Å². The fourth-order valence-electron chi connectivity index (χ4n) is 3.58. The van der Waals surface area contributed by atoms with Crippen LogP contribution in [0.5, 0.6) is 5.75 Å². The Kier molecular flexibility index (Phi) is 7.20. The Morgan fingerprint density at radius 2 is 1.59 bits per heavy atom. The number of aromatic nitrogens is 3. The first-order valence-corrected chi connectivity index (χ1v) is 12.2. The average Bonchev–Trinajstić information content (AvgIpc) is 2.90. The fraction of sp³-hybridized carbons (Fsp3) is 0.111. The Bertz CT molecular complexity index is 1630. The van der Waals surface area contributed by atoms with Crippen LogP contribution in [0.25, 0.3) is 33.5 Å². The first kappa shape index (κ1) is 24.5. The standard InChI is InChI=1S/C27H19F2N3O4S/c28-19-5-1-3-17(11-19)25-26(18-4-2-6-20(29)12-18)31-32-27(30-25)37-15-21(33)14-35-22-9-7-16-8-10-24(34)36-23(16)13-22/h1-13,21,33H,14-15H2. The van der Waals surface area contributed by atoms with E-state index in [-0.39, 0.29) is 17.5 Å². The van der Waals surface area contributed by atoms with Gasteiger partial charge in [0.1, 0.15) is 41.0 Å². The van der Waals surface area contributed by atoms with Crippen molar-refractivity contribution in [3.63, 3.8) is 0 Å². The molecule has 0 spiro atoms. The molecule has 0 saturated heterocycles. The molecule has 0 aliphatic rings. The second-order valence-electron chi connectivity index (χ2n) is 8.04. The molecule has 0 aliphatic heterocycles. The van der Waals surface area contributed by atoms with E-state index in [1.54, 1.807) is 48.5 Å². The van der Waals surface area contributed by atoms with Gasteiger partial charge in [-0.3, -0.25) is 0 Å². The lowest BCUT2D eigenvalue weighted by molar-refractivity contribution is 0.126. The van der Waals surface area contributed by atoms with E-state index >= 15 is 0 Å². The largest absolute Gasteiger partial charge is 0.491 e. The molecular weight excluding hydrogens is 500 g/mol. The monoisotopic (exact) mass is 519 g/mol. The molecule has 0 fully saturated rings. The Labute approximate surface area is 213 Å². The number of hydrogen-bond acceptors (Lipinski definition) is 8. The van der Waals surface area contributed by atoms with Gasteiger partial charge in [-0.25, -0.2) is 18.6 Å². The van der Waals surface area contributed by atoms with Crippen LogP contribution in [0.1, 0.15) is 0 Å². The molecule has 3 aromatic carbocycles. The van der Waals surface area contributed by atoms with Crippen molar-refractivity contribution in [2.75, 3.05) is 12.4 Å². The summed E-state index contributed by atoms with van der Waals surface area (Å²) in [5, 5.41) is 19.8. The van der Waals surface area contributed by atoms with Crippen LogP contribution in [0.4, 0.5) is 8.78 Å². The molecule has 0 radical (unpaired) electrons. The topological polar surface area (TPSA) is 98.3 Å². The van der Waals surface area contributed by atoms with Gasteiger partial charge in [0, 0.05) is 34.4 Å². The second-order valence-corrected chi connectivity index (χ2v) is 9.03. The molecule has 1 N–H and O–H groups in total. The van der Waals surface area contributed by atoms with Crippen molar-refractivity contribution < 1.29 is 23.0 Å². The van der Waals surface area contributed by atoms with Crippen LogP contribution in [-0.2, 0) is 0 Å². The number of aliphatic hydroxyl groups excluding tert-OH is 1. The van der Waals surface area contributed by atoms with Crippen molar-refractivity contribution in [1.82, 2.24) is 15.2 Å². The number of rotatable bonds is 8. The van der Waals surface area contributed by atoms with Crippen LogP contribution >= 0.6 is 11.8 Å². The van der Waals surface area contributed by atoms with Gasteiger partial charge in [-0.2, -0.15) is 0 Å². The molecule has 5 rings (SSSR count). The maximum Gasteiger partial charge on any atom is 0.336 e. The number of halogens is 2. The van der Waals surface area contributed by atoms with E-state index in [1.165, 1.54) is 30.3 Å². The number of benzene rings is 3. The number of nitrogens with zero attached hydrogens (tertiary/aromatic N) is 3. The first-order valence-electron chi connectivity index (χ1n) is 11.2. The minimum atomic E-state index is -0.882. The van der Waals surface area contributed by atoms with Crippen LogP contribution in [0.15, 0.2) is 93.2 Å². The Hall–Kier alpha value is -4.15. The van der Waals surface area contributed by atoms with Crippen LogP contribution in [-0.4, -0.2) is 38.8 Å². The molecule has 0 bridgehead atoms. The van der Waals surface area contributed by atoms with Crippen LogP contribution in [0.2, 0.25) is 0 Å². The lowest BCUT2D eigenvalue weighted by atomic mass is 10.0. The maximum absolute atomic E-state index is 13.9. The predicted octanol–water partition coefficient (Wildman–Crippen LogP) is 5.12. The summed E-state index contributed by atoms with van der Waals surface area (Å²) >= 11 is 1.15. The van der Waals surface area contributed by atoms with Crippen LogP contribution < -0.4 is 10.4 Å². The fourth-order valence-corrected chi connectivity index (χ4v) is 4.27. The van der Waals surface area contributed by atoms with Crippen molar-refractivity contribution in [2.45, 2.75) is 11.3 Å². The number of aliphatic hydroxyl groups is 1. The molecular formula is C27H19F2N3O4S. The minimum Gasteiger partial charge on any atom is -0.491 e. The summed E-state index contributed by atoms with van der Waals surface area (Å²) in [6, 6.07) is 19.7. The average molecular weight is 520 g/mol. The van der Waals surface area contributed by atoms with E-state index in [9.17, 15) is 18.7 Å². The molecule has 186 valence electrons. The lowest BCUT2D eigenvalue weighted by Crippen LogP contribution is -2.20. The van der Waals surface area contributed by atoms with Gasteiger partial charge in [0.15, 0.2) is 0 Å². The summed E-state index contributed by atoms with van der Waals surface area (Å²) in [5.74, 6) is -0.265. The van der Waals surface area contributed by atoms with Crippen molar-refractivity contribution in [2.24, 2.45) is 0 Å². The van der Waals surface area contributed by atoms with Gasteiger partial charge < -0.3 is 14.3 Å². The second kappa shape index (κ2) is 10.9. The summed E-state index contributed by atoms with van der Waals surface area (Å²) in [6.07, 6.45) is -0.882. The van der Waals surface area contributed by atoms with E-state index < -0.39 is 23.4 Å². The van der Waals surface area contributed by atoms with Crippen molar-refractivity contribution in [3.8, 4) is 28.3 Å². The zero-order valence-electron chi connectivity index (χ0n) is 19.2. The highest BCUT2D eigenvalue weighted by molar-refractivity contribution is 7.99. The molecule has 0 amide bonds. The molecule has 0 aliphatic carbocycles. The third kappa shape index (κ3) is 5.99. The summed E-state index contributed by atoms with van der Waals surface area (Å²) in [4.78, 5) is 16.0. The van der Waals surface area contributed by atoms with Crippen molar-refractivity contribution >= 4 is 22.7 Å². The van der Waals surface area contributed by atoms with E-state index in [2.05, 4.69) is 15.2 Å². The Morgan fingerprint density at radius 1 is 0.892 bits per heavy atom. The summed E-state index contributed by atoms with van der Waals surface area (Å²) < 4.78 is 38.6. The van der Waals surface area contributed by atoms with Gasteiger partial charge >= 0.3 is 5.63 Å². The molecule has 7 nitrogen and oxygen atoms in total. The molecule has 10 heteroatoms. The number of hydrogen-bond donors (Lipinski definition) is 1. The smallest absolute Gasteiger partial charge is 0.336 e. The number of ether oxygens (including phenoxy) is 1. The highest BCUT2D eigenvalue weighted by Crippen LogP contribution is 2.31. The molecule has 1 atom stereocenters. The van der Waals surface area contributed by atoms with E-state index in [1.807, 2.05) is 0 Å². The van der Waals surface area contributed by atoms with Gasteiger partial charge in [-0.1, -0.05) is 36.0 Å². The molecule has 37 heavy (non-hydrogen) atoms. The quantitative estimate of drug-likeness (QED) is 0.223. The van der Waals surface area contributed by atoms with Gasteiger partial charge in [-0.05, 0) is 42.5 Å². The molecule has 2 aromatic heterocycles. The summed E-state index contributed by atoms with van der Waals surface area (Å²) in [6.45, 7) is -0.0267. The third-order valence-electron chi connectivity index (χ3n) is 5.31. The highest BCUT2D eigenvalue weighted by atomic mass is 32.2. The molecule has 0 saturated carbocycles. The van der Waals surface area contributed by atoms with E-state index in [4.69, 9.17) is 9.15 Å². The summed E-state index contributed by atoms with van der Waals surface area (Å²) in [5.41, 5.74) is 1.48. The lowest BCUT2D eigenvalue weighted by Gasteiger charge is -2.13. The van der Waals surface area contributed by atoms with Gasteiger partial charge in [0.2, 0.25) is 5.16 Å². The molecule has 1 unspecified atom stereocenters. The highest BCUT2D eigenvalue weighted by Gasteiger charge is 2.16. The maximum atomic E-state index is 13.9.